The van der Waals surface area contributed by atoms with E-state index in [-0.39, 0.29) is 0 Å². The molecule has 0 saturated carbocycles. The summed E-state index contributed by atoms with van der Waals surface area (Å²) >= 11 is 0. The molecule has 0 aromatic carbocycles. The van der Waals surface area contributed by atoms with E-state index >= 15 is 0 Å². The number of carbonyl (C=O) groups is 1. The second kappa shape index (κ2) is 9.50. The summed E-state index contributed by atoms with van der Waals surface area (Å²) in [5, 5.41) is 0. The lowest BCUT2D eigenvalue weighted by atomic mass is 10.1. The van der Waals surface area contributed by atoms with Crippen LogP contribution in [0.15, 0.2) is 11.6 Å². The van der Waals surface area contributed by atoms with E-state index in [0.717, 1.165) is 31.1 Å². The van der Waals surface area contributed by atoms with Gasteiger partial charge < -0.3 is 0 Å². The molecule has 13 heavy (non-hydrogen) atoms. The van der Waals surface area contributed by atoms with Gasteiger partial charge in [0.2, 0.25) is 0 Å². The van der Waals surface area contributed by atoms with Crippen LogP contribution >= 0.6 is 0 Å². The zero-order chi connectivity index (χ0) is 9.94. The van der Waals surface area contributed by atoms with E-state index in [1.807, 2.05) is 0 Å². The summed E-state index contributed by atoms with van der Waals surface area (Å²) in [6, 6.07) is 0. The fraction of sp³-hybridized carbons (Fsp3) is 0.750. The number of aldehydes is 1. The number of rotatable bonds is 8. The van der Waals surface area contributed by atoms with Crippen LogP contribution < -0.4 is 0 Å². The first-order chi connectivity index (χ1) is 6.35. The quantitative estimate of drug-likeness (QED) is 0.316. The first kappa shape index (κ1) is 12.4. The van der Waals surface area contributed by atoms with Crippen molar-refractivity contribution in [2.45, 2.75) is 58.8 Å². The molecule has 76 valence electrons. The van der Waals surface area contributed by atoms with Crippen LogP contribution in [0.3, 0.4) is 0 Å². The number of carbonyl (C=O) groups excluding carboxylic acids is 1. The van der Waals surface area contributed by atoms with Gasteiger partial charge in [0.05, 0.1) is 0 Å². The summed E-state index contributed by atoms with van der Waals surface area (Å²) in [5.74, 6) is 0. The average molecular weight is 182 g/mol. The predicted molar refractivity (Wildman–Crippen MR) is 57.8 cm³/mol. The summed E-state index contributed by atoms with van der Waals surface area (Å²) in [5.41, 5.74) is 1.00. The van der Waals surface area contributed by atoms with Crippen LogP contribution in [0.2, 0.25) is 0 Å². The van der Waals surface area contributed by atoms with Crippen LogP contribution in [0.4, 0.5) is 0 Å². The summed E-state index contributed by atoms with van der Waals surface area (Å²) in [6.07, 6.45) is 11.2. The van der Waals surface area contributed by atoms with E-state index < -0.39 is 0 Å². The lowest BCUT2D eigenvalue weighted by Gasteiger charge is -1.98. The molecule has 0 saturated heterocycles. The van der Waals surface area contributed by atoms with Gasteiger partial charge in [0, 0.05) is 0 Å². The molecule has 1 nitrogen and oxygen atoms in total. The molecule has 0 rings (SSSR count). The lowest BCUT2D eigenvalue weighted by molar-refractivity contribution is -0.105. The molecular weight excluding hydrogens is 160 g/mol. The van der Waals surface area contributed by atoms with Gasteiger partial charge in [-0.1, -0.05) is 45.6 Å². The highest BCUT2D eigenvalue weighted by Gasteiger charge is 1.94. The minimum atomic E-state index is 0.973. The molecule has 0 bridgehead atoms. The molecule has 0 fully saturated rings. The molecule has 0 aliphatic heterocycles. The van der Waals surface area contributed by atoms with Gasteiger partial charge >= 0.3 is 0 Å². The highest BCUT2D eigenvalue weighted by molar-refractivity contribution is 5.72. The lowest BCUT2D eigenvalue weighted by Crippen LogP contribution is -1.86. The maximum atomic E-state index is 10.6. The molecule has 0 aliphatic rings. The SMILES string of the molecule is CCCCC=C(C=O)CCCCC. The van der Waals surface area contributed by atoms with Crippen LogP contribution in [-0.4, -0.2) is 6.29 Å². The Hall–Kier alpha value is -0.590. The minimum Gasteiger partial charge on any atom is -0.298 e. The number of allylic oxidation sites excluding steroid dienone is 2. The Morgan fingerprint density at radius 1 is 1.08 bits per heavy atom. The van der Waals surface area contributed by atoms with E-state index in [1.165, 1.54) is 25.7 Å². The molecule has 0 aromatic rings. The number of hydrogen-bond donors (Lipinski definition) is 0. The van der Waals surface area contributed by atoms with Crippen LogP contribution in [0.25, 0.3) is 0 Å². The normalized spacial score (nSPS) is 11.7. The van der Waals surface area contributed by atoms with Crippen LogP contribution in [-0.2, 0) is 4.79 Å². The van der Waals surface area contributed by atoms with Gasteiger partial charge in [-0.05, 0) is 24.8 Å². The second-order valence-corrected chi connectivity index (χ2v) is 3.50. The molecule has 0 N–H and O–H groups in total. The summed E-state index contributed by atoms with van der Waals surface area (Å²) in [7, 11) is 0. The van der Waals surface area contributed by atoms with Gasteiger partial charge in [0.1, 0.15) is 6.29 Å². The highest BCUT2D eigenvalue weighted by atomic mass is 16.1. The van der Waals surface area contributed by atoms with E-state index in [1.54, 1.807) is 0 Å². The topological polar surface area (TPSA) is 17.1 Å². The summed E-state index contributed by atoms with van der Waals surface area (Å²) in [4.78, 5) is 10.6. The second-order valence-electron chi connectivity index (χ2n) is 3.50. The Morgan fingerprint density at radius 2 is 1.77 bits per heavy atom. The van der Waals surface area contributed by atoms with E-state index in [4.69, 9.17) is 0 Å². The predicted octanol–water partition coefficient (Wildman–Crippen LogP) is 3.88. The van der Waals surface area contributed by atoms with Crippen LogP contribution in [0.1, 0.15) is 58.8 Å². The molecule has 0 aliphatic carbocycles. The van der Waals surface area contributed by atoms with Crippen molar-refractivity contribution in [3.8, 4) is 0 Å². The largest absolute Gasteiger partial charge is 0.298 e. The van der Waals surface area contributed by atoms with Crippen molar-refractivity contribution in [2.24, 2.45) is 0 Å². The average Bonchev–Trinajstić information content (AvgIpc) is 2.16. The molecule has 0 radical (unpaired) electrons. The van der Waals surface area contributed by atoms with E-state index in [9.17, 15) is 4.79 Å². The van der Waals surface area contributed by atoms with Crippen molar-refractivity contribution in [1.82, 2.24) is 0 Å². The van der Waals surface area contributed by atoms with Gasteiger partial charge in [0.25, 0.3) is 0 Å². The van der Waals surface area contributed by atoms with Crippen molar-refractivity contribution >= 4 is 6.29 Å². The third kappa shape index (κ3) is 7.76. The van der Waals surface area contributed by atoms with Crippen molar-refractivity contribution < 1.29 is 4.79 Å². The van der Waals surface area contributed by atoms with E-state index in [2.05, 4.69) is 19.9 Å². The highest BCUT2D eigenvalue weighted by Crippen LogP contribution is 2.08. The zero-order valence-electron chi connectivity index (χ0n) is 9.01. The van der Waals surface area contributed by atoms with Crippen molar-refractivity contribution in [1.29, 1.82) is 0 Å². The van der Waals surface area contributed by atoms with Gasteiger partial charge in [-0.15, -0.1) is 0 Å². The molecular formula is C12H22O. The molecule has 0 amide bonds. The first-order valence-electron chi connectivity index (χ1n) is 5.49. The molecule has 1 heteroatoms. The van der Waals surface area contributed by atoms with Gasteiger partial charge in [-0.25, -0.2) is 0 Å². The van der Waals surface area contributed by atoms with Crippen LogP contribution in [0, 0.1) is 0 Å². The molecule has 0 atom stereocenters. The fourth-order valence-electron chi connectivity index (χ4n) is 1.28. The Bertz CT molecular complexity index is 147. The molecule has 0 spiro atoms. The Balaban J connectivity index is 3.60. The summed E-state index contributed by atoms with van der Waals surface area (Å²) < 4.78 is 0. The summed E-state index contributed by atoms with van der Waals surface area (Å²) in [6.45, 7) is 4.35. The zero-order valence-corrected chi connectivity index (χ0v) is 9.01. The minimum absolute atomic E-state index is 0.973. The van der Waals surface area contributed by atoms with Crippen molar-refractivity contribution in [3.05, 3.63) is 11.6 Å². The number of unbranched alkanes of at least 4 members (excludes halogenated alkanes) is 4. The van der Waals surface area contributed by atoms with Gasteiger partial charge in [-0.3, -0.25) is 4.79 Å². The maximum absolute atomic E-state index is 10.6. The third-order valence-corrected chi connectivity index (χ3v) is 2.18. The third-order valence-electron chi connectivity index (χ3n) is 2.18. The fourth-order valence-corrected chi connectivity index (χ4v) is 1.28. The van der Waals surface area contributed by atoms with Gasteiger partial charge in [0.15, 0.2) is 0 Å². The monoisotopic (exact) mass is 182 g/mol. The first-order valence-corrected chi connectivity index (χ1v) is 5.49. The Morgan fingerprint density at radius 3 is 2.31 bits per heavy atom. The molecule has 0 heterocycles. The Labute approximate surface area is 82.2 Å². The molecule has 0 aromatic heterocycles. The van der Waals surface area contributed by atoms with Crippen molar-refractivity contribution in [2.75, 3.05) is 0 Å². The van der Waals surface area contributed by atoms with E-state index in [0.29, 0.717) is 0 Å². The molecule has 0 unspecified atom stereocenters. The van der Waals surface area contributed by atoms with Crippen molar-refractivity contribution in [3.63, 3.8) is 0 Å². The smallest absolute Gasteiger partial charge is 0.145 e. The standard InChI is InChI=1S/C12H22O/c1-3-5-7-9-12(11-13)10-8-6-4-2/h9,11H,3-8,10H2,1-2H3. The number of hydrogen-bond acceptors (Lipinski definition) is 1. The Kier molecular flexibility index (Phi) is 9.07. The van der Waals surface area contributed by atoms with Crippen LogP contribution in [0.5, 0.6) is 0 Å². The van der Waals surface area contributed by atoms with Gasteiger partial charge in [-0.2, -0.15) is 0 Å². The maximum Gasteiger partial charge on any atom is 0.145 e.